The number of hydrogen-bond donors (Lipinski definition) is 2. The lowest BCUT2D eigenvalue weighted by Crippen LogP contribution is -2.49. The van der Waals surface area contributed by atoms with E-state index in [0.717, 1.165) is 18.1 Å². The zero-order chi connectivity index (χ0) is 21.2. The van der Waals surface area contributed by atoms with Crippen LogP contribution in [0.15, 0.2) is 48.5 Å². The van der Waals surface area contributed by atoms with Gasteiger partial charge >= 0.3 is 0 Å². The number of aryl methyl sites for hydroxylation is 1. The molecule has 0 spiro atoms. The van der Waals surface area contributed by atoms with E-state index in [1.807, 2.05) is 44.2 Å². The van der Waals surface area contributed by atoms with Crippen molar-refractivity contribution in [3.63, 3.8) is 0 Å². The lowest BCUT2D eigenvalue weighted by atomic mass is 10.0. The summed E-state index contributed by atoms with van der Waals surface area (Å²) in [5, 5.41) is 5.73. The van der Waals surface area contributed by atoms with Gasteiger partial charge in [0, 0.05) is 6.04 Å². The van der Waals surface area contributed by atoms with Crippen LogP contribution < -0.4 is 10.6 Å². The van der Waals surface area contributed by atoms with Crippen molar-refractivity contribution < 1.29 is 18.4 Å². The molecule has 0 saturated carbocycles. The average Bonchev–Trinajstić information content (AvgIpc) is 2.69. The minimum Gasteiger partial charge on any atom is -0.352 e. The Hall–Kier alpha value is -2.76. The molecule has 156 valence electrons. The van der Waals surface area contributed by atoms with E-state index in [1.165, 1.54) is 12.1 Å². The summed E-state index contributed by atoms with van der Waals surface area (Å²) in [6.07, 6.45) is 2.61. The van der Waals surface area contributed by atoms with Gasteiger partial charge in [0.05, 0.1) is 6.42 Å². The first kappa shape index (κ1) is 22.5. The molecule has 2 N–H and O–H groups in total. The molecule has 29 heavy (non-hydrogen) atoms. The Kier molecular flexibility index (Phi) is 8.77. The molecule has 0 aliphatic carbocycles. The first-order valence-electron chi connectivity index (χ1n) is 9.96. The molecule has 0 aliphatic rings. The number of halogens is 2. The van der Waals surface area contributed by atoms with Gasteiger partial charge < -0.3 is 10.6 Å². The van der Waals surface area contributed by atoms with E-state index < -0.39 is 17.7 Å². The standard InChI is InChI=1S/C23H28F2N2O2/c1-3-7-21(27-22(28)15-17-8-5-4-6-9-17)23(29)26-16(2)10-11-18-12-13-19(24)20(25)14-18/h4-6,8-9,12-14,16,21H,3,7,10-11,15H2,1-2H3,(H,26,29)(H,27,28). The van der Waals surface area contributed by atoms with Gasteiger partial charge in [-0.25, -0.2) is 8.78 Å². The van der Waals surface area contributed by atoms with E-state index in [-0.39, 0.29) is 24.3 Å². The van der Waals surface area contributed by atoms with Crippen molar-refractivity contribution in [2.75, 3.05) is 0 Å². The SMILES string of the molecule is CCCC(NC(=O)Cc1ccccc1)C(=O)NC(C)CCc1ccc(F)c(F)c1. The van der Waals surface area contributed by atoms with E-state index in [2.05, 4.69) is 10.6 Å². The monoisotopic (exact) mass is 402 g/mol. The molecule has 6 heteroatoms. The number of carbonyl (C=O) groups is 2. The Bertz CT molecular complexity index is 812. The van der Waals surface area contributed by atoms with Crippen LogP contribution >= 0.6 is 0 Å². The Morgan fingerprint density at radius 1 is 0.931 bits per heavy atom. The largest absolute Gasteiger partial charge is 0.352 e. The number of carbonyl (C=O) groups excluding carboxylic acids is 2. The zero-order valence-electron chi connectivity index (χ0n) is 16.9. The fourth-order valence-corrected chi connectivity index (χ4v) is 3.08. The molecule has 0 heterocycles. The summed E-state index contributed by atoms with van der Waals surface area (Å²) in [5.41, 5.74) is 1.56. The van der Waals surface area contributed by atoms with Gasteiger partial charge in [-0.15, -0.1) is 0 Å². The van der Waals surface area contributed by atoms with Crippen molar-refractivity contribution in [3.05, 3.63) is 71.3 Å². The highest BCUT2D eigenvalue weighted by Gasteiger charge is 2.21. The summed E-state index contributed by atoms with van der Waals surface area (Å²) in [6, 6.07) is 12.4. The van der Waals surface area contributed by atoms with Gasteiger partial charge in [-0.2, -0.15) is 0 Å². The third kappa shape index (κ3) is 7.64. The lowest BCUT2D eigenvalue weighted by molar-refractivity contribution is -0.129. The van der Waals surface area contributed by atoms with E-state index in [4.69, 9.17) is 0 Å². The highest BCUT2D eigenvalue weighted by atomic mass is 19.2. The summed E-state index contributed by atoms with van der Waals surface area (Å²) in [5.74, 6) is -2.17. The fourth-order valence-electron chi connectivity index (χ4n) is 3.08. The topological polar surface area (TPSA) is 58.2 Å². The molecule has 2 amide bonds. The second-order valence-corrected chi connectivity index (χ2v) is 7.27. The van der Waals surface area contributed by atoms with Crippen molar-refractivity contribution in [3.8, 4) is 0 Å². The van der Waals surface area contributed by atoms with E-state index in [9.17, 15) is 18.4 Å². The van der Waals surface area contributed by atoms with Gasteiger partial charge in [0.15, 0.2) is 11.6 Å². The Balaban J connectivity index is 1.85. The number of hydrogen-bond acceptors (Lipinski definition) is 2. The fraction of sp³-hybridized carbons (Fsp3) is 0.391. The number of amides is 2. The van der Waals surface area contributed by atoms with Crippen molar-refractivity contribution in [2.24, 2.45) is 0 Å². The second-order valence-electron chi connectivity index (χ2n) is 7.27. The molecule has 0 aromatic heterocycles. The minimum absolute atomic E-state index is 0.166. The average molecular weight is 402 g/mol. The van der Waals surface area contributed by atoms with E-state index in [1.54, 1.807) is 0 Å². The van der Waals surface area contributed by atoms with E-state index in [0.29, 0.717) is 24.8 Å². The molecule has 2 atom stereocenters. The van der Waals surface area contributed by atoms with Gasteiger partial charge in [0.25, 0.3) is 0 Å². The number of nitrogens with one attached hydrogen (secondary N) is 2. The van der Waals surface area contributed by atoms with Crippen LogP contribution in [0.5, 0.6) is 0 Å². The van der Waals surface area contributed by atoms with E-state index >= 15 is 0 Å². The van der Waals surface area contributed by atoms with Crippen LogP contribution in [-0.2, 0) is 22.4 Å². The third-order valence-corrected chi connectivity index (χ3v) is 4.68. The molecule has 2 aromatic rings. The molecule has 0 fully saturated rings. The smallest absolute Gasteiger partial charge is 0.242 e. The molecule has 4 nitrogen and oxygen atoms in total. The molecule has 2 unspecified atom stereocenters. The van der Waals surface area contributed by atoms with Gasteiger partial charge in [0.2, 0.25) is 11.8 Å². The molecule has 0 saturated heterocycles. The minimum atomic E-state index is -0.872. The second kappa shape index (κ2) is 11.3. The summed E-state index contributed by atoms with van der Waals surface area (Å²) in [4.78, 5) is 24.9. The zero-order valence-corrected chi connectivity index (χ0v) is 16.9. The van der Waals surface area contributed by atoms with Gasteiger partial charge in [-0.1, -0.05) is 49.7 Å². The predicted molar refractivity (Wildman–Crippen MR) is 109 cm³/mol. The van der Waals surface area contributed by atoms with Crippen LogP contribution in [0, 0.1) is 11.6 Å². The van der Waals surface area contributed by atoms with Crippen molar-refractivity contribution in [2.45, 2.75) is 58.0 Å². The molecule has 0 radical (unpaired) electrons. The number of rotatable bonds is 10. The molecule has 2 aromatic carbocycles. The molecule has 0 bridgehead atoms. The predicted octanol–water partition coefficient (Wildman–Crippen LogP) is 3.93. The first-order chi connectivity index (χ1) is 13.9. The van der Waals surface area contributed by atoms with Gasteiger partial charge in [0.1, 0.15) is 6.04 Å². The van der Waals surface area contributed by atoms with Crippen LogP contribution in [-0.4, -0.2) is 23.9 Å². The molecular formula is C23H28F2N2O2. The maximum Gasteiger partial charge on any atom is 0.242 e. The molecular weight excluding hydrogens is 374 g/mol. The molecule has 2 rings (SSSR count). The van der Waals surface area contributed by atoms with Crippen LogP contribution in [0.2, 0.25) is 0 Å². The van der Waals surface area contributed by atoms with Crippen molar-refractivity contribution in [1.82, 2.24) is 10.6 Å². The normalized spacial score (nSPS) is 12.8. The van der Waals surface area contributed by atoms with Crippen molar-refractivity contribution >= 4 is 11.8 Å². The Morgan fingerprint density at radius 2 is 1.66 bits per heavy atom. The quantitative estimate of drug-likeness (QED) is 0.633. The lowest BCUT2D eigenvalue weighted by Gasteiger charge is -2.21. The summed E-state index contributed by atoms with van der Waals surface area (Å²) in [7, 11) is 0. The highest BCUT2D eigenvalue weighted by Crippen LogP contribution is 2.11. The van der Waals surface area contributed by atoms with Gasteiger partial charge in [-0.05, 0) is 49.4 Å². The molecule has 0 aliphatic heterocycles. The summed E-state index contributed by atoms with van der Waals surface area (Å²) in [6.45, 7) is 3.81. The third-order valence-electron chi connectivity index (χ3n) is 4.68. The Labute approximate surface area is 170 Å². The van der Waals surface area contributed by atoms with Crippen LogP contribution in [0.3, 0.4) is 0 Å². The highest BCUT2D eigenvalue weighted by molar-refractivity contribution is 5.88. The van der Waals surface area contributed by atoms with Gasteiger partial charge in [-0.3, -0.25) is 9.59 Å². The Morgan fingerprint density at radius 3 is 2.31 bits per heavy atom. The maximum absolute atomic E-state index is 13.3. The number of benzene rings is 2. The summed E-state index contributed by atoms with van der Waals surface area (Å²) >= 11 is 0. The van der Waals surface area contributed by atoms with Crippen LogP contribution in [0.25, 0.3) is 0 Å². The first-order valence-corrected chi connectivity index (χ1v) is 9.96. The summed E-state index contributed by atoms with van der Waals surface area (Å²) < 4.78 is 26.3. The maximum atomic E-state index is 13.3. The van der Waals surface area contributed by atoms with Crippen LogP contribution in [0.4, 0.5) is 8.78 Å². The van der Waals surface area contributed by atoms with Crippen LogP contribution in [0.1, 0.15) is 44.2 Å². The van der Waals surface area contributed by atoms with Crippen molar-refractivity contribution in [1.29, 1.82) is 0 Å².